The Labute approximate surface area is 129 Å². The van der Waals surface area contributed by atoms with Gasteiger partial charge in [-0.3, -0.25) is 9.69 Å². The third kappa shape index (κ3) is 2.92. The van der Waals surface area contributed by atoms with Gasteiger partial charge in [-0.05, 0) is 44.5 Å². The molecule has 2 saturated heterocycles. The fourth-order valence-corrected chi connectivity index (χ4v) is 3.00. The Kier molecular flexibility index (Phi) is 4.29. The molecule has 118 valence electrons. The van der Waals surface area contributed by atoms with E-state index in [2.05, 4.69) is 10.6 Å². The van der Waals surface area contributed by atoms with Gasteiger partial charge in [-0.15, -0.1) is 0 Å². The van der Waals surface area contributed by atoms with Crippen LogP contribution in [0.1, 0.15) is 19.3 Å². The Hall–Kier alpha value is -2.08. The Balaban J connectivity index is 1.50. The van der Waals surface area contributed by atoms with Crippen molar-refractivity contribution in [2.45, 2.75) is 24.8 Å². The third-order valence-electron chi connectivity index (χ3n) is 4.24. The molecule has 0 saturated carbocycles. The van der Waals surface area contributed by atoms with Gasteiger partial charge in [0.1, 0.15) is 11.3 Å². The van der Waals surface area contributed by atoms with Crippen molar-refractivity contribution in [2.24, 2.45) is 0 Å². The quantitative estimate of drug-likeness (QED) is 0.632. The average molecular weight is 303 g/mol. The summed E-state index contributed by atoms with van der Waals surface area (Å²) in [6, 6.07) is 9.25. The van der Waals surface area contributed by atoms with Crippen molar-refractivity contribution in [2.75, 3.05) is 26.2 Å². The van der Waals surface area contributed by atoms with Gasteiger partial charge in [0.05, 0.1) is 6.61 Å². The molecule has 3 rings (SSSR count). The van der Waals surface area contributed by atoms with Crippen LogP contribution < -0.4 is 15.4 Å². The Morgan fingerprint density at radius 3 is 2.59 bits per heavy atom. The molecular weight excluding hydrogens is 282 g/mol. The van der Waals surface area contributed by atoms with Crippen LogP contribution in [0.25, 0.3) is 0 Å². The molecule has 2 heterocycles. The molecule has 0 bridgehead atoms. The number of imide groups is 1. The topological polar surface area (TPSA) is 70.7 Å². The van der Waals surface area contributed by atoms with E-state index in [9.17, 15) is 9.59 Å². The van der Waals surface area contributed by atoms with Crippen molar-refractivity contribution in [3.63, 3.8) is 0 Å². The first-order chi connectivity index (χ1) is 10.7. The van der Waals surface area contributed by atoms with Crippen molar-refractivity contribution in [1.82, 2.24) is 15.5 Å². The first-order valence-corrected chi connectivity index (χ1v) is 7.74. The SMILES string of the molecule is O=C1NC2(CCNCC2)C(=O)N1CCCOc1ccccc1. The van der Waals surface area contributed by atoms with Gasteiger partial charge in [0.15, 0.2) is 0 Å². The van der Waals surface area contributed by atoms with Crippen LogP contribution in [0.5, 0.6) is 5.75 Å². The van der Waals surface area contributed by atoms with E-state index in [0.29, 0.717) is 32.4 Å². The van der Waals surface area contributed by atoms with E-state index in [1.54, 1.807) is 0 Å². The lowest BCUT2D eigenvalue weighted by Crippen LogP contribution is -2.53. The minimum Gasteiger partial charge on any atom is -0.494 e. The molecule has 6 nitrogen and oxygen atoms in total. The van der Waals surface area contributed by atoms with Crippen LogP contribution in [0.2, 0.25) is 0 Å². The highest BCUT2D eigenvalue weighted by Gasteiger charge is 2.50. The van der Waals surface area contributed by atoms with Crippen molar-refractivity contribution < 1.29 is 14.3 Å². The lowest BCUT2D eigenvalue weighted by Gasteiger charge is -2.31. The molecule has 2 aliphatic heterocycles. The number of carbonyl (C=O) groups is 2. The van der Waals surface area contributed by atoms with E-state index in [1.807, 2.05) is 30.3 Å². The van der Waals surface area contributed by atoms with E-state index in [1.165, 1.54) is 4.90 Å². The Morgan fingerprint density at radius 1 is 1.14 bits per heavy atom. The van der Waals surface area contributed by atoms with Crippen LogP contribution in [-0.2, 0) is 4.79 Å². The molecule has 2 fully saturated rings. The molecule has 6 heteroatoms. The molecule has 1 aromatic carbocycles. The van der Waals surface area contributed by atoms with E-state index < -0.39 is 5.54 Å². The minimum absolute atomic E-state index is 0.0845. The number of hydrogen-bond donors (Lipinski definition) is 2. The number of para-hydroxylation sites is 1. The van der Waals surface area contributed by atoms with E-state index in [-0.39, 0.29) is 11.9 Å². The highest BCUT2D eigenvalue weighted by atomic mass is 16.5. The summed E-state index contributed by atoms with van der Waals surface area (Å²) < 4.78 is 5.59. The van der Waals surface area contributed by atoms with Crippen molar-refractivity contribution in [3.8, 4) is 5.75 Å². The number of rotatable bonds is 5. The molecule has 0 unspecified atom stereocenters. The summed E-state index contributed by atoms with van der Waals surface area (Å²) in [6.07, 6.45) is 1.95. The molecule has 0 atom stereocenters. The van der Waals surface area contributed by atoms with Crippen molar-refractivity contribution >= 4 is 11.9 Å². The van der Waals surface area contributed by atoms with Crippen LogP contribution in [0.4, 0.5) is 4.79 Å². The second-order valence-corrected chi connectivity index (χ2v) is 5.73. The molecule has 0 aromatic heterocycles. The third-order valence-corrected chi connectivity index (χ3v) is 4.24. The number of benzene rings is 1. The molecule has 0 aliphatic carbocycles. The van der Waals surface area contributed by atoms with Crippen LogP contribution in [0.15, 0.2) is 30.3 Å². The Morgan fingerprint density at radius 2 is 1.86 bits per heavy atom. The van der Waals surface area contributed by atoms with E-state index in [0.717, 1.165) is 18.8 Å². The number of amides is 3. The van der Waals surface area contributed by atoms with Crippen LogP contribution in [0.3, 0.4) is 0 Å². The van der Waals surface area contributed by atoms with Crippen LogP contribution in [0, 0.1) is 0 Å². The largest absolute Gasteiger partial charge is 0.494 e. The fourth-order valence-electron chi connectivity index (χ4n) is 3.00. The van der Waals surface area contributed by atoms with Crippen LogP contribution >= 0.6 is 0 Å². The minimum atomic E-state index is -0.678. The van der Waals surface area contributed by atoms with Gasteiger partial charge in [0.2, 0.25) is 0 Å². The monoisotopic (exact) mass is 303 g/mol. The molecule has 0 radical (unpaired) electrons. The first-order valence-electron chi connectivity index (χ1n) is 7.74. The lowest BCUT2D eigenvalue weighted by molar-refractivity contribution is -0.132. The van der Waals surface area contributed by atoms with Gasteiger partial charge in [-0.25, -0.2) is 4.79 Å². The average Bonchev–Trinajstić information content (AvgIpc) is 2.77. The number of urea groups is 1. The normalized spacial score (nSPS) is 20.3. The standard InChI is InChI=1S/C16H21N3O3/c20-14-16(7-9-17-10-8-16)18-15(21)19(14)11-4-12-22-13-5-2-1-3-6-13/h1-3,5-6,17H,4,7-12H2,(H,18,21). The number of hydrogen-bond acceptors (Lipinski definition) is 4. The van der Waals surface area contributed by atoms with E-state index >= 15 is 0 Å². The van der Waals surface area contributed by atoms with Gasteiger partial charge in [0, 0.05) is 6.54 Å². The summed E-state index contributed by atoms with van der Waals surface area (Å²) in [5.41, 5.74) is -0.678. The predicted molar refractivity (Wildman–Crippen MR) is 81.6 cm³/mol. The molecular formula is C16H21N3O3. The zero-order valence-corrected chi connectivity index (χ0v) is 12.5. The fraction of sp³-hybridized carbons (Fsp3) is 0.500. The smallest absolute Gasteiger partial charge is 0.325 e. The number of nitrogens with zero attached hydrogens (tertiary/aromatic N) is 1. The first kappa shape index (κ1) is 14.8. The zero-order valence-electron chi connectivity index (χ0n) is 12.5. The summed E-state index contributed by atoms with van der Waals surface area (Å²) in [5, 5.41) is 6.10. The summed E-state index contributed by atoms with van der Waals surface area (Å²) >= 11 is 0. The summed E-state index contributed by atoms with van der Waals surface area (Å²) in [6.45, 7) is 2.40. The number of carbonyl (C=O) groups excluding carboxylic acids is 2. The maximum atomic E-state index is 12.5. The summed E-state index contributed by atoms with van der Waals surface area (Å²) in [4.78, 5) is 25.9. The maximum Gasteiger partial charge on any atom is 0.325 e. The van der Waals surface area contributed by atoms with Gasteiger partial charge in [-0.1, -0.05) is 18.2 Å². The van der Waals surface area contributed by atoms with Gasteiger partial charge >= 0.3 is 6.03 Å². The molecule has 1 spiro atoms. The highest BCUT2D eigenvalue weighted by molar-refractivity contribution is 6.07. The molecule has 22 heavy (non-hydrogen) atoms. The van der Waals surface area contributed by atoms with Gasteiger partial charge in [-0.2, -0.15) is 0 Å². The predicted octanol–water partition coefficient (Wildman–Crippen LogP) is 1.13. The number of piperidine rings is 1. The van der Waals surface area contributed by atoms with Gasteiger partial charge < -0.3 is 15.4 Å². The van der Waals surface area contributed by atoms with Crippen LogP contribution in [-0.4, -0.2) is 48.6 Å². The highest BCUT2D eigenvalue weighted by Crippen LogP contribution is 2.26. The molecule has 3 amide bonds. The second-order valence-electron chi connectivity index (χ2n) is 5.73. The summed E-state index contributed by atoms with van der Waals surface area (Å²) in [7, 11) is 0. The Bertz CT molecular complexity index is 541. The van der Waals surface area contributed by atoms with Crippen molar-refractivity contribution in [3.05, 3.63) is 30.3 Å². The molecule has 2 N–H and O–H groups in total. The maximum absolute atomic E-state index is 12.5. The second kappa shape index (κ2) is 6.36. The molecule has 1 aromatic rings. The van der Waals surface area contributed by atoms with E-state index in [4.69, 9.17) is 4.74 Å². The lowest BCUT2D eigenvalue weighted by atomic mass is 9.88. The summed E-state index contributed by atoms with van der Waals surface area (Å²) in [5.74, 6) is 0.716. The van der Waals surface area contributed by atoms with Crippen molar-refractivity contribution in [1.29, 1.82) is 0 Å². The molecule has 2 aliphatic rings. The number of ether oxygens (including phenoxy) is 1. The van der Waals surface area contributed by atoms with Gasteiger partial charge in [0.25, 0.3) is 5.91 Å². The zero-order chi connectivity index (χ0) is 15.4. The number of nitrogens with one attached hydrogen (secondary N) is 2.